The molecule has 2 saturated heterocycles. The third-order valence-electron chi connectivity index (χ3n) is 7.29. The summed E-state index contributed by atoms with van der Waals surface area (Å²) in [5.41, 5.74) is 2.18. The van der Waals surface area contributed by atoms with E-state index in [1.807, 2.05) is 51.8 Å². The van der Waals surface area contributed by atoms with Gasteiger partial charge >= 0.3 is 6.09 Å². The van der Waals surface area contributed by atoms with Gasteiger partial charge in [0.1, 0.15) is 10.5 Å². The summed E-state index contributed by atoms with van der Waals surface area (Å²) in [6.45, 7) is 11.3. The second-order valence-corrected chi connectivity index (χ2v) is 15.2. The first-order valence-electron chi connectivity index (χ1n) is 14.2. The van der Waals surface area contributed by atoms with Gasteiger partial charge in [0.15, 0.2) is 11.5 Å². The topological polar surface area (TPSA) is 138 Å². The lowest BCUT2D eigenvalue weighted by atomic mass is 9.99. The van der Waals surface area contributed by atoms with Crippen LogP contribution in [0.5, 0.6) is 0 Å². The highest BCUT2D eigenvalue weighted by atomic mass is 32.2. The van der Waals surface area contributed by atoms with Crippen molar-refractivity contribution in [2.75, 3.05) is 35.5 Å². The molecule has 2 fully saturated rings. The lowest BCUT2D eigenvalue weighted by molar-refractivity contribution is 0.0508. The van der Waals surface area contributed by atoms with E-state index in [0.717, 1.165) is 60.4 Å². The standard InChI is InChI=1S/C28H39N7O5S2/c1-17-13-23-30-21(16-35(23)31-25(17)33-12-10-19(15-33)29-27(37)40-28(3,4)5)22-9-7-8-11-34(22)26(36)24-20(14-18(2)41-24)32-42(6,38)39/h13-14,16,19,22,32H,7-12,15H2,1-6H3,(H,29,37)/t19?,22-/m0/s1. The van der Waals surface area contributed by atoms with Gasteiger partial charge in [-0.2, -0.15) is 0 Å². The number of anilines is 2. The van der Waals surface area contributed by atoms with Crippen molar-refractivity contribution in [3.63, 3.8) is 0 Å². The number of nitrogens with one attached hydrogen (secondary N) is 2. The number of amides is 2. The van der Waals surface area contributed by atoms with Gasteiger partial charge in [0.25, 0.3) is 5.91 Å². The zero-order valence-corrected chi connectivity index (χ0v) is 26.6. The zero-order valence-electron chi connectivity index (χ0n) is 24.9. The number of aryl methyl sites for hydroxylation is 2. The zero-order chi connectivity index (χ0) is 30.4. The van der Waals surface area contributed by atoms with E-state index < -0.39 is 21.7 Å². The Kier molecular flexibility index (Phi) is 8.14. The van der Waals surface area contributed by atoms with Crippen LogP contribution in [-0.4, -0.2) is 77.4 Å². The molecule has 14 heteroatoms. The highest BCUT2D eigenvalue weighted by Crippen LogP contribution is 2.36. The van der Waals surface area contributed by atoms with Crippen LogP contribution in [0.15, 0.2) is 18.3 Å². The summed E-state index contributed by atoms with van der Waals surface area (Å²) in [5, 5.41) is 7.85. The number of nitrogens with zero attached hydrogens (tertiary/aromatic N) is 5. The maximum absolute atomic E-state index is 13.8. The molecule has 0 saturated carbocycles. The van der Waals surface area contributed by atoms with Crippen LogP contribution < -0.4 is 14.9 Å². The molecule has 3 aromatic rings. The van der Waals surface area contributed by atoms with Crippen molar-refractivity contribution >= 4 is 50.5 Å². The monoisotopic (exact) mass is 617 g/mol. The molecule has 42 heavy (non-hydrogen) atoms. The molecule has 12 nitrogen and oxygen atoms in total. The number of alkyl carbamates (subject to hydrolysis) is 1. The molecule has 5 rings (SSSR count). The van der Waals surface area contributed by atoms with Gasteiger partial charge in [-0.25, -0.2) is 22.7 Å². The van der Waals surface area contributed by atoms with E-state index in [1.54, 1.807) is 10.6 Å². The number of likely N-dealkylation sites (tertiary alicyclic amines) is 1. The number of imidazole rings is 1. The van der Waals surface area contributed by atoms with Gasteiger partial charge in [0.05, 0.1) is 35.9 Å². The molecule has 1 unspecified atom stereocenters. The predicted molar refractivity (Wildman–Crippen MR) is 163 cm³/mol. The molecule has 2 aliphatic heterocycles. The first kappa shape index (κ1) is 30.1. The van der Waals surface area contributed by atoms with Gasteiger partial charge in [-0.3, -0.25) is 9.52 Å². The summed E-state index contributed by atoms with van der Waals surface area (Å²) in [4.78, 5) is 36.1. The molecule has 5 heterocycles. The lowest BCUT2D eigenvalue weighted by Gasteiger charge is -2.34. The molecule has 3 aromatic heterocycles. The summed E-state index contributed by atoms with van der Waals surface area (Å²) < 4.78 is 33.5. The minimum Gasteiger partial charge on any atom is -0.444 e. The van der Waals surface area contributed by atoms with Gasteiger partial charge in [0.2, 0.25) is 10.0 Å². The molecule has 228 valence electrons. The van der Waals surface area contributed by atoms with E-state index in [9.17, 15) is 18.0 Å². The maximum Gasteiger partial charge on any atom is 0.407 e. The normalized spacial score (nSPS) is 19.8. The Bertz CT molecular complexity index is 1610. The molecule has 0 radical (unpaired) electrons. The Morgan fingerprint density at radius 3 is 2.60 bits per heavy atom. The van der Waals surface area contributed by atoms with Crippen LogP contribution in [0.3, 0.4) is 0 Å². The first-order chi connectivity index (χ1) is 19.7. The van der Waals surface area contributed by atoms with Crippen LogP contribution in [0, 0.1) is 13.8 Å². The van der Waals surface area contributed by atoms with Crippen molar-refractivity contribution in [3.8, 4) is 0 Å². The van der Waals surface area contributed by atoms with Gasteiger partial charge in [-0.15, -0.1) is 16.4 Å². The van der Waals surface area contributed by atoms with Crippen molar-refractivity contribution in [3.05, 3.63) is 39.3 Å². The molecule has 2 atom stereocenters. The molecule has 0 aliphatic carbocycles. The summed E-state index contributed by atoms with van der Waals surface area (Å²) in [6, 6.07) is 3.40. The van der Waals surface area contributed by atoms with Crippen LogP contribution in [0.1, 0.15) is 78.3 Å². The molecule has 0 bridgehead atoms. The van der Waals surface area contributed by atoms with Gasteiger partial charge in [-0.1, -0.05) is 0 Å². The molecule has 0 aromatic carbocycles. The Balaban J connectivity index is 1.36. The molecule has 2 N–H and O–H groups in total. The Morgan fingerprint density at radius 2 is 1.88 bits per heavy atom. The molecule has 0 spiro atoms. The van der Waals surface area contributed by atoms with Crippen molar-refractivity contribution in [2.24, 2.45) is 0 Å². The number of piperidine rings is 1. The number of sulfonamides is 1. The second-order valence-electron chi connectivity index (χ2n) is 12.2. The van der Waals surface area contributed by atoms with E-state index in [0.29, 0.717) is 29.3 Å². The Labute approximate surface area is 250 Å². The average Bonchev–Trinajstić information content (AvgIpc) is 3.59. The van der Waals surface area contributed by atoms with E-state index in [1.165, 1.54) is 11.3 Å². The smallest absolute Gasteiger partial charge is 0.407 e. The third-order valence-corrected chi connectivity index (χ3v) is 8.92. The SMILES string of the molecule is Cc1cc(NS(C)(=O)=O)c(C(=O)N2CCCC[C@H]2c2cn3nc(N4CCC(NC(=O)OC(C)(C)C)C4)c(C)cc3n2)s1. The number of carbonyl (C=O) groups excluding carboxylic acids is 2. The Hall–Kier alpha value is -3.39. The van der Waals surface area contributed by atoms with Crippen LogP contribution in [0.2, 0.25) is 0 Å². The predicted octanol–water partition coefficient (Wildman–Crippen LogP) is 4.25. The van der Waals surface area contributed by atoms with Gasteiger partial charge in [-0.05, 0) is 78.0 Å². The van der Waals surface area contributed by atoms with Gasteiger partial charge in [0, 0.05) is 24.5 Å². The molecule has 2 aliphatic rings. The fourth-order valence-corrected chi connectivity index (χ4v) is 7.15. The highest BCUT2D eigenvalue weighted by molar-refractivity contribution is 7.92. The maximum atomic E-state index is 13.8. The summed E-state index contributed by atoms with van der Waals surface area (Å²) in [7, 11) is -3.53. The highest BCUT2D eigenvalue weighted by Gasteiger charge is 2.34. The molecular formula is C28H39N7O5S2. The number of rotatable bonds is 6. The number of thiophene rings is 1. The largest absolute Gasteiger partial charge is 0.444 e. The Morgan fingerprint density at radius 1 is 1.12 bits per heavy atom. The number of hydrogen-bond acceptors (Lipinski definition) is 9. The van der Waals surface area contributed by atoms with Crippen molar-refractivity contribution in [1.29, 1.82) is 0 Å². The van der Waals surface area contributed by atoms with E-state index in [4.69, 9.17) is 14.8 Å². The summed E-state index contributed by atoms with van der Waals surface area (Å²) >= 11 is 1.29. The number of aromatic nitrogens is 3. The quantitative estimate of drug-likeness (QED) is 0.419. The lowest BCUT2D eigenvalue weighted by Crippen LogP contribution is -2.40. The molecular weight excluding hydrogens is 578 g/mol. The minimum absolute atomic E-state index is 0.0418. The van der Waals surface area contributed by atoms with Crippen molar-refractivity contribution in [1.82, 2.24) is 24.8 Å². The summed E-state index contributed by atoms with van der Waals surface area (Å²) in [5.74, 6) is 0.619. The second kappa shape index (κ2) is 11.4. The van der Waals surface area contributed by atoms with E-state index in [-0.39, 0.29) is 18.0 Å². The molecule has 2 amide bonds. The fraction of sp³-hybridized carbons (Fsp3) is 0.571. The van der Waals surface area contributed by atoms with Crippen molar-refractivity contribution in [2.45, 2.75) is 78.0 Å². The number of hydrogen-bond donors (Lipinski definition) is 2. The van der Waals surface area contributed by atoms with Gasteiger partial charge < -0.3 is 19.9 Å². The van der Waals surface area contributed by atoms with Crippen LogP contribution >= 0.6 is 11.3 Å². The van der Waals surface area contributed by atoms with E-state index in [2.05, 4.69) is 14.9 Å². The summed E-state index contributed by atoms with van der Waals surface area (Å²) in [6.07, 6.45) is 5.91. The third kappa shape index (κ3) is 6.80. The minimum atomic E-state index is -3.53. The van der Waals surface area contributed by atoms with Crippen molar-refractivity contribution < 1.29 is 22.7 Å². The van der Waals surface area contributed by atoms with Crippen LogP contribution in [0.25, 0.3) is 5.65 Å². The van der Waals surface area contributed by atoms with Crippen LogP contribution in [0.4, 0.5) is 16.3 Å². The number of fused-ring (bicyclic) bond motifs is 1. The van der Waals surface area contributed by atoms with E-state index >= 15 is 0 Å². The number of carbonyl (C=O) groups is 2. The number of ether oxygens (including phenoxy) is 1. The first-order valence-corrected chi connectivity index (χ1v) is 16.9. The average molecular weight is 618 g/mol. The van der Waals surface area contributed by atoms with Crippen LogP contribution in [-0.2, 0) is 14.8 Å². The fourth-order valence-electron chi connectivity index (χ4n) is 5.60.